The van der Waals surface area contributed by atoms with Gasteiger partial charge in [-0.2, -0.15) is 0 Å². The molecule has 1 fully saturated rings. The number of piperidine rings is 1. The molecule has 1 saturated heterocycles. The van der Waals surface area contributed by atoms with E-state index in [1.54, 1.807) is 6.92 Å². The predicted molar refractivity (Wildman–Crippen MR) is 84.8 cm³/mol. The lowest BCUT2D eigenvalue weighted by Gasteiger charge is -2.33. The fourth-order valence-electron chi connectivity index (χ4n) is 2.68. The zero-order valence-corrected chi connectivity index (χ0v) is 13.9. The molecule has 126 valence electrons. The molecule has 2 rings (SSSR count). The standard InChI is InChI=1S/C14H20F2N2O2S.ClH/c1-2-7-21(19,20)18-14-9-17-6-5-11(14)10-3-4-12(15)13(16)8-10;/h3-4,8,11,14,17-18H,2,5-7,9H2,1H3;1H. The monoisotopic (exact) mass is 354 g/mol. The second kappa shape index (κ2) is 8.19. The van der Waals surface area contributed by atoms with Crippen LogP contribution in [0.2, 0.25) is 0 Å². The van der Waals surface area contributed by atoms with Crippen LogP contribution in [0.5, 0.6) is 0 Å². The van der Waals surface area contributed by atoms with E-state index in [0.717, 1.165) is 18.7 Å². The van der Waals surface area contributed by atoms with Crippen LogP contribution < -0.4 is 10.0 Å². The molecule has 22 heavy (non-hydrogen) atoms. The molecule has 2 atom stereocenters. The summed E-state index contributed by atoms with van der Waals surface area (Å²) in [6, 6.07) is 3.42. The van der Waals surface area contributed by atoms with Gasteiger partial charge < -0.3 is 5.32 Å². The number of halogens is 3. The highest BCUT2D eigenvalue weighted by Gasteiger charge is 2.30. The van der Waals surface area contributed by atoms with Crippen LogP contribution in [-0.4, -0.2) is 33.3 Å². The number of rotatable bonds is 5. The first-order valence-electron chi connectivity index (χ1n) is 7.08. The summed E-state index contributed by atoms with van der Waals surface area (Å²) in [5.41, 5.74) is 0.625. The van der Waals surface area contributed by atoms with Gasteiger partial charge >= 0.3 is 0 Å². The SMILES string of the molecule is CCCS(=O)(=O)NC1CNCCC1c1ccc(F)c(F)c1.Cl. The third kappa shape index (κ3) is 4.87. The lowest BCUT2D eigenvalue weighted by atomic mass is 9.86. The summed E-state index contributed by atoms with van der Waals surface area (Å²) in [7, 11) is -3.35. The van der Waals surface area contributed by atoms with Crippen LogP contribution in [0.3, 0.4) is 0 Å². The first-order valence-corrected chi connectivity index (χ1v) is 8.74. The van der Waals surface area contributed by atoms with E-state index >= 15 is 0 Å². The average molecular weight is 355 g/mol. The van der Waals surface area contributed by atoms with Gasteiger partial charge in [-0.15, -0.1) is 12.4 Å². The molecule has 0 aromatic heterocycles. The van der Waals surface area contributed by atoms with Crippen LogP contribution in [0.25, 0.3) is 0 Å². The zero-order valence-electron chi connectivity index (χ0n) is 12.3. The Morgan fingerprint density at radius 1 is 1.32 bits per heavy atom. The maximum Gasteiger partial charge on any atom is 0.211 e. The third-order valence-corrected chi connectivity index (χ3v) is 5.27. The van der Waals surface area contributed by atoms with Gasteiger partial charge in [-0.05, 0) is 37.1 Å². The highest BCUT2D eigenvalue weighted by Crippen LogP contribution is 2.27. The molecule has 4 nitrogen and oxygen atoms in total. The molecule has 8 heteroatoms. The number of sulfonamides is 1. The molecule has 0 aliphatic carbocycles. The quantitative estimate of drug-likeness (QED) is 0.852. The van der Waals surface area contributed by atoms with Crippen molar-refractivity contribution in [2.75, 3.05) is 18.8 Å². The average Bonchev–Trinajstić information content (AvgIpc) is 2.42. The number of hydrogen-bond acceptors (Lipinski definition) is 3. The van der Waals surface area contributed by atoms with Crippen molar-refractivity contribution in [2.24, 2.45) is 0 Å². The van der Waals surface area contributed by atoms with Gasteiger partial charge in [0.2, 0.25) is 10.0 Å². The van der Waals surface area contributed by atoms with Crippen LogP contribution in [0.4, 0.5) is 8.78 Å². The van der Waals surface area contributed by atoms with Crippen LogP contribution in [0.1, 0.15) is 31.2 Å². The van der Waals surface area contributed by atoms with Crippen molar-refractivity contribution in [3.05, 3.63) is 35.4 Å². The van der Waals surface area contributed by atoms with Crippen molar-refractivity contribution in [1.82, 2.24) is 10.0 Å². The van der Waals surface area contributed by atoms with Gasteiger partial charge in [0.25, 0.3) is 0 Å². The van der Waals surface area contributed by atoms with E-state index in [4.69, 9.17) is 0 Å². The Labute approximate surface area is 136 Å². The van der Waals surface area contributed by atoms with Crippen LogP contribution in [0.15, 0.2) is 18.2 Å². The Morgan fingerprint density at radius 3 is 2.68 bits per heavy atom. The summed E-state index contributed by atoms with van der Waals surface area (Å²) in [6.07, 6.45) is 1.20. The number of hydrogen-bond donors (Lipinski definition) is 2. The normalized spacial score (nSPS) is 22.1. The summed E-state index contributed by atoms with van der Waals surface area (Å²) >= 11 is 0. The fraction of sp³-hybridized carbons (Fsp3) is 0.571. The van der Waals surface area contributed by atoms with Crippen molar-refractivity contribution >= 4 is 22.4 Å². The van der Waals surface area contributed by atoms with Crippen LogP contribution >= 0.6 is 12.4 Å². The van der Waals surface area contributed by atoms with Gasteiger partial charge in [0.1, 0.15) is 0 Å². The second-order valence-corrected chi connectivity index (χ2v) is 7.19. The molecule has 2 unspecified atom stereocenters. The minimum absolute atomic E-state index is 0. The van der Waals surface area contributed by atoms with Crippen molar-refractivity contribution in [1.29, 1.82) is 0 Å². The smallest absolute Gasteiger partial charge is 0.211 e. The molecule has 2 N–H and O–H groups in total. The Hall–Kier alpha value is -0.760. The minimum Gasteiger partial charge on any atom is -0.315 e. The molecule has 0 saturated carbocycles. The van der Waals surface area contributed by atoms with E-state index in [9.17, 15) is 17.2 Å². The molecule has 1 aromatic rings. The third-order valence-electron chi connectivity index (χ3n) is 3.66. The number of nitrogens with one attached hydrogen (secondary N) is 2. The Balaban J connectivity index is 0.00000242. The molecule has 1 aromatic carbocycles. The lowest BCUT2D eigenvalue weighted by molar-refractivity contribution is 0.376. The number of benzene rings is 1. The maximum atomic E-state index is 13.4. The first kappa shape index (κ1) is 19.3. The molecule has 0 bridgehead atoms. The van der Waals surface area contributed by atoms with Gasteiger partial charge in [0, 0.05) is 18.5 Å². The Morgan fingerprint density at radius 2 is 2.05 bits per heavy atom. The summed E-state index contributed by atoms with van der Waals surface area (Å²) in [5.74, 6) is -1.89. The first-order chi connectivity index (χ1) is 9.93. The van der Waals surface area contributed by atoms with E-state index in [-0.39, 0.29) is 30.1 Å². The molecule has 1 heterocycles. The van der Waals surface area contributed by atoms with Gasteiger partial charge in [-0.25, -0.2) is 21.9 Å². The van der Waals surface area contributed by atoms with Gasteiger partial charge in [0.05, 0.1) is 5.75 Å². The highest BCUT2D eigenvalue weighted by atomic mass is 35.5. The molecule has 0 amide bonds. The summed E-state index contributed by atoms with van der Waals surface area (Å²) in [6.45, 7) is 2.99. The molecule has 1 aliphatic heterocycles. The lowest BCUT2D eigenvalue weighted by Crippen LogP contribution is -2.50. The van der Waals surface area contributed by atoms with Crippen LogP contribution in [0, 0.1) is 11.6 Å². The largest absolute Gasteiger partial charge is 0.315 e. The van der Waals surface area contributed by atoms with Crippen LogP contribution in [-0.2, 0) is 10.0 Å². The summed E-state index contributed by atoms with van der Waals surface area (Å²) < 4.78 is 52.9. The highest BCUT2D eigenvalue weighted by molar-refractivity contribution is 7.89. The molecule has 0 spiro atoms. The maximum absolute atomic E-state index is 13.4. The Kier molecular flexibility index (Phi) is 7.18. The zero-order chi connectivity index (χ0) is 15.5. The molecular weight excluding hydrogens is 334 g/mol. The van der Waals surface area contributed by atoms with E-state index in [1.165, 1.54) is 6.07 Å². The van der Waals surface area contributed by atoms with Crippen molar-refractivity contribution < 1.29 is 17.2 Å². The van der Waals surface area contributed by atoms with Crippen molar-refractivity contribution in [3.8, 4) is 0 Å². The van der Waals surface area contributed by atoms with E-state index in [1.807, 2.05) is 0 Å². The summed E-state index contributed by atoms with van der Waals surface area (Å²) in [4.78, 5) is 0. The molecule has 0 radical (unpaired) electrons. The summed E-state index contributed by atoms with van der Waals surface area (Å²) in [5, 5.41) is 3.13. The van der Waals surface area contributed by atoms with Crippen molar-refractivity contribution in [3.63, 3.8) is 0 Å². The second-order valence-electron chi connectivity index (χ2n) is 5.32. The van der Waals surface area contributed by atoms with Gasteiger partial charge in [-0.1, -0.05) is 13.0 Å². The predicted octanol–water partition coefficient (Wildman–Crippen LogP) is 2.16. The van der Waals surface area contributed by atoms with Gasteiger partial charge in [0.15, 0.2) is 11.6 Å². The topological polar surface area (TPSA) is 58.2 Å². The van der Waals surface area contributed by atoms with E-state index in [2.05, 4.69) is 10.0 Å². The van der Waals surface area contributed by atoms with E-state index < -0.39 is 21.7 Å². The minimum atomic E-state index is -3.35. The fourth-order valence-corrected chi connectivity index (χ4v) is 4.05. The Bertz CT molecular complexity index is 599. The molecular formula is C14H21ClF2N2O2S. The van der Waals surface area contributed by atoms with Gasteiger partial charge in [-0.3, -0.25) is 0 Å². The van der Waals surface area contributed by atoms with E-state index in [0.29, 0.717) is 24.9 Å². The van der Waals surface area contributed by atoms with Crippen molar-refractivity contribution in [2.45, 2.75) is 31.7 Å². The molecule has 1 aliphatic rings.